The van der Waals surface area contributed by atoms with Gasteiger partial charge >= 0.3 is 0 Å². The fourth-order valence-electron chi connectivity index (χ4n) is 4.18. The summed E-state index contributed by atoms with van der Waals surface area (Å²) in [6.45, 7) is 0.703. The van der Waals surface area contributed by atoms with Crippen LogP contribution in [-0.4, -0.2) is 25.4 Å². The van der Waals surface area contributed by atoms with Gasteiger partial charge in [-0.05, 0) is 30.9 Å². The monoisotopic (exact) mass is 441 g/mol. The molecule has 6 nitrogen and oxygen atoms in total. The summed E-state index contributed by atoms with van der Waals surface area (Å²) in [4.78, 5) is 19.6. The van der Waals surface area contributed by atoms with Gasteiger partial charge in [0.05, 0.1) is 24.5 Å². The Kier molecular flexibility index (Phi) is 5.15. The van der Waals surface area contributed by atoms with Crippen LogP contribution in [0.4, 0.5) is 8.78 Å². The van der Waals surface area contributed by atoms with Crippen LogP contribution in [0.5, 0.6) is 0 Å². The van der Waals surface area contributed by atoms with E-state index < -0.39 is 11.6 Å². The van der Waals surface area contributed by atoms with Gasteiger partial charge in [-0.1, -0.05) is 12.1 Å². The zero-order valence-corrected chi connectivity index (χ0v) is 17.8. The van der Waals surface area contributed by atoms with Crippen molar-refractivity contribution in [1.82, 2.24) is 24.6 Å². The second-order valence-corrected chi connectivity index (χ2v) is 9.00. The van der Waals surface area contributed by atoms with Crippen molar-refractivity contribution >= 4 is 21.6 Å². The predicted octanol–water partition coefficient (Wildman–Crippen LogP) is 3.17. The highest BCUT2D eigenvalue weighted by Gasteiger charge is 2.25. The lowest BCUT2D eigenvalue weighted by Crippen LogP contribution is -2.34. The number of halogens is 2. The molecule has 0 radical (unpaired) electrons. The maximum absolute atomic E-state index is 13.9. The standard InChI is InChI=1S/C22H21F2N5OS/c1-28-10-13(8-27-28)11-29-12-26-21-19(22(29)30)16-6-5-15(7-18(16)31-21)25-9-14-3-2-4-17(23)20(14)24/h2-4,8,10,12,15,25H,5-7,9,11H2,1H3. The molecule has 0 amide bonds. The molecule has 5 rings (SSSR count). The molecule has 9 heteroatoms. The molecule has 1 aliphatic rings. The highest BCUT2D eigenvalue weighted by atomic mass is 32.1. The summed E-state index contributed by atoms with van der Waals surface area (Å²) < 4.78 is 30.7. The molecule has 0 saturated carbocycles. The van der Waals surface area contributed by atoms with Crippen molar-refractivity contribution in [1.29, 1.82) is 0 Å². The number of nitrogens with zero attached hydrogens (tertiary/aromatic N) is 4. The van der Waals surface area contributed by atoms with E-state index in [1.54, 1.807) is 39.2 Å². The summed E-state index contributed by atoms with van der Waals surface area (Å²) in [6, 6.07) is 4.37. The lowest BCUT2D eigenvalue weighted by molar-refractivity contribution is 0.445. The maximum Gasteiger partial charge on any atom is 0.262 e. The molecule has 1 aromatic carbocycles. The van der Waals surface area contributed by atoms with E-state index in [9.17, 15) is 13.6 Å². The smallest absolute Gasteiger partial charge is 0.262 e. The number of rotatable bonds is 5. The van der Waals surface area contributed by atoms with E-state index in [-0.39, 0.29) is 18.1 Å². The fourth-order valence-corrected chi connectivity index (χ4v) is 5.44. The average molecular weight is 442 g/mol. The van der Waals surface area contributed by atoms with Crippen LogP contribution in [0.3, 0.4) is 0 Å². The zero-order chi connectivity index (χ0) is 21.5. The second-order valence-electron chi connectivity index (χ2n) is 7.92. The van der Waals surface area contributed by atoms with E-state index in [1.165, 1.54) is 6.07 Å². The van der Waals surface area contributed by atoms with Gasteiger partial charge < -0.3 is 5.32 Å². The van der Waals surface area contributed by atoms with Crippen LogP contribution in [0, 0.1) is 11.6 Å². The van der Waals surface area contributed by atoms with E-state index in [2.05, 4.69) is 15.4 Å². The van der Waals surface area contributed by atoms with Crippen LogP contribution in [0.15, 0.2) is 41.7 Å². The number of aryl methyl sites for hydroxylation is 2. The van der Waals surface area contributed by atoms with E-state index in [1.807, 2.05) is 13.2 Å². The fraction of sp³-hybridized carbons (Fsp3) is 0.318. The zero-order valence-electron chi connectivity index (χ0n) is 16.9. The van der Waals surface area contributed by atoms with Crippen LogP contribution in [0.1, 0.15) is 28.0 Å². The molecule has 4 aromatic rings. The Morgan fingerprint density at radius 3 is 3.00 bits per heavy atom. The minimum Gasteiger partial charge on any atom is -0.309 e. The number of hydrogen-bond donors (Lipinski definition) is 1. The molecular weight excluding hydrogens is 420 g/mol. The Hall–Kier alpha value is -2.91. The molecule has 160 valence electrons. The molecule has 0 bridgehead atoms. The molecule has 0 saturated heterocycles. The summed E-state index contributed by atoms with van der Waals surface area (Å²) >= 11 is 1.55. The number of benzene rings is 1. The first-order chi connectivity index (χ1) is 15.0. The molecule has 3 aromatic heterocycles. The molecular formula is C22H21F2N5OS. The Labute approximate surface area is 181 Å². The van der Waals surface area contributed by atoms with Gasteiger partial charge in [0.1, 0.15) is 4.83 Å². The molecule has 1 aliphatic carbocycles. The van der Waals surface area contributed by atoms with Crippen molar-refractivity contribution in [2.45, 2.75) is 38.4 Å². The normalized spacial score (nSPS) is 16.0. The van der Waals surface area contributed by atoms with Crippen molar-refractivity contribution in [3.63, 3.8) is 0 Å². The van der Waals surface area contributed by atoms with Crippen LogP contribution in [0.2, 0.25) is 0 Å². The summed E-state index contributed by atoms with van der Waals surface area (Å²) in [5.41, 5.74) is 2.32. The number of aromatic nitrogens is 4. The van der Waals surface area contributed by atoms with E-state index in [4.69, 9.17) is 0 Å². The summed E-state index contributed by atoms with van der Waals surface area (Å²) in [5.74, 6) is -1.63. The van der Waals surface area contributed by atoms with Crippen LogP contribution >= 0.6 is 11.3 Å². The SMILES string of the molecule is Cn1cc(Cn2cnc3sc4c(c3c2=O)CCC(NCc2cccc(F)c2F)C4)cn1. The molecule has 0 aliphatic heterocycles. The van der Waals surface area contributed by atoms with Crippen LogP contribution in [-0.2, 0) is 33.0 Å². The van der Waals surface area contributed by atoms with E-state index >= 15 is 0 Å². The van der Waals surface area contributed by atoms with Gasteiger partial charge in [0.2, 0.25) is 0 Å². The Morgan fingerprint density at radius 2 is 2.19 bits per heavy atom. The van der Waals surface area contributed by atoms with E-state index in [0.29, 0.717) is 17.5 Å². The van der Waals surface area contributed by atoms with Crippen molar-refractivity contribution in [3.8, 4) is 0 Å². The number of fused-ring (bicyclic) bond motifs is 3. The number of hydrogen-bond acceptors (Lipinski definition) is 5. The van der Waals surface area contributed by atoms with Gasteiger partial charge in [-0.15, -0.1) is 11.3 Å². The second kappa shape index (κ2) is 7.97. The number of nitrogens with one attached hydrogen (secondary N) is 1. The van der Waals surface area contributed by atoms with Crippen molar-refractivity contribution < 1.29 is 8.78 Å². The Bertz CT molecular complexity index is 1330. The Morgan fingerprint density at radius 1 is 1.32 bits per heavy atom. The van der Waals surface area contributed by atoms with Crippen molar-refractivity contribution in [3.05, 3.63) is 80.5 Å². The van der Waals surface area contributed by atoms with Crippen molar-refractivity contribution in [2.75, 3.05) is 0 Å². The van der Waals surface area contributed by atoms with Gasteiger partial charge in [0.25, 0.3) is 5.56 Å². The topological polar surface area (TPSA) is 64.7 Å². The van der Waals surface area contributed by atoms with Gasteiger partial charge in [0, 0.05) is 41.8 Å². The lowest BCUT2D eigenvalue weighted by atomic mass is 9.93. The highest BCUT2D eigenvalue weighted by molar-refractivity contribution is 7.18. The largest absolute Gasteiger partial charge is 0.309 e. The summed E-state index contributed by atoms with van der Waals surface area (Å²) in [6.07, 6.45) is 7.56. The maximum atomic E-state index is 13.9. The Balaban J connectivity index is 1.36. The molecule has 1 N–H and O–H groups in total. The van der Waals surface area contributed by atoms with E-state index in [0.717, 1.165) is 46.2 Å². The van der Waals surface area contributed by atoms with Gasteiger partial charge in [0.15, 0.2) is 11.6 Å². The highest BCUT2D eigenvalue weighted by Crippen LogP contribution is 2.33. The molecule has 0 spiro atoms. The molecule has 1 atom stereocenters. The first-order valence-corrected chi connectivity index (χ1v) is 10.9. The average Bonchev–Trinajstić information content (AvgIpc) is 3.34. The molecule has 1 unspecified atom stereocenters. The minimum absolute atomic E-state index is 0.0282. The third-order valence-electron chi connectivity index (χ3n) is 5.76. The number of thiophene rings is 1. The molecule has 3 heterocycles. The lowest BCUT2D eigenvalue weighted by Gasteiger charge is -2.23. The minimum atomic E-state index is -0.830. The molecule has 31 heavy (non-hydrogen) atoms. The van der Waals surface area contributed by atoms with Crippen LogP contribution < -0.4 is 10.9 Å². The van der Waals surface area contributed by atoms with Gasteiger partial charge in [-0.3, -0.25) is 14.0 Å². The molecule has 0 fully saturated rings. The van der Waals surface area contributed by atoms with Gasteiger partial charge in [-0.2, -0.15) is 5.10 Å². The predicted molar refractivity (Wildman–Crippen MR) is 115 cm³/mol. The third kappa shape index (κ3) is 3.79. The first-order valence-electron chi connectivity index (χ1n) is 10.1. The van der Waals surface area contributed by atoms with Crippen LogP contribution in [0.25, 0.3) is 10.2 Å². The quantitative estimate of drug-likeness (QED) is 0.517. The third-order valence-corrected chi connectivity index (χ3v) is 6.92. The summed E-state index contributed by atoms with van der Waals surface area (Å²) in [7, 11) is 1.84. The first kappa shape index (κ1) is 20.0. The van der Waals surface area contributed by atoms with Gasteiger partial charge in [-0.25, -0.2) is 13.8 Å². The summed E-state index contributed by atoms with van der Waals surface area (Å²) in [5, 5.41) is 8.20. The van der Waals surface area contributed by atoms with Crippen molar-refractivity contribution in [2.24, 2.45) is 7.05 Å².